The fourth-order valence-corrected chi connectivity index (χ4v) is 3.00. The first-order valence-electron chi connectivity index (χ1n) is 8.06. The first kappa shape index (κ1) is 17.8. The number of rotatable bonds is 5. The summed E-state index contributed by atoms with van der Waals surface area (Å²) < 4.78 is 29.2. The van der Waals surface area contributed by atoms with Gasteiger partial charge in [0.1, 0.15) is 5.75 Å². The number of hydrogen-bond donors (Lipinski definition) is 2. The van der Waals surface area contributed by atoms with Gasteiger partial charge in [-0.1, -0.05) is 12.1 Å². The Kier molecular flexibility index (Phi) is 5.15. The highest BCUT2D eigenvalue weighted by molar-refractivity contribution is 6.00. The number of hydrogen-bond acceptors (Lipinski definition) is 4. The van der Waals surface area contributed by atoms with E-state index >= 15 is 0 Å². The smallest absolute Gasteiger partial charge is 0.387 e. The minimum absolute atomic E-state index is 0.0206. The molecule has 1 aliphatic heterocycles. The van der Waals surface area contributed by atoms with Crippen molar-refractivity contribution in [3.05, 3.63) is 36.0 Å². The second kappa shape index (κ2) is 7.51. The van der Waals surface area contributed by atoms with E-state index in [4.69, 9.17) is 5.11 Å². The van der Waals surface area contributed by atoms with Gasteiger partial charge in [-0.25, -0.2) is 0 Å². The Hall–Kier alpha value is -2.97. The Balaban J connectivity index is 1.78. The molecule has 0 unspecified atom stereocenters. The lowest BCUT2D eigenvalue weighted by Gasteiger charge is -2.30. The van der Waals surface area contributed by atoms with Crippen LogP contribution < -0.4 is 4.74 Å². The van der Waals surface area contributed by atoms with E-state index in [1.165, 1.54) is 18.3 Å². The number of halogens is 2. The lowest BCUT2D eigenvalue weighted by Crippen LogP contribution is -2.40. The topological polar surface area (TPSA) is 95.5 Å². The highest BCUT2D eigenvalue weighted by Gasteiger charge is 2.29. The van der Waals surface area contributed by atoms with E-state index < -0.39 is 18.5 Å². The first-order chi connectivity index (χ1) is 12.5. The summed E-state index contributed by atoms with van der Waals surface area (Å²) in [6.45, 7) is -2.26. The molecule has 2 aromatic rings. The van der Waals surface area contributed by atoms with Crippen LogP contribution >= 0.6 is 0 Å². The lowest BCUT2D eigenvalue weighted by atomic mass is 9.96. The third kappa shape index (κ3) is 3.81. The van der Waals surface area contributed by atoms with Crippen LogP contribution in [0, 0.1) is 5.92 Å². The summed E-state index contributed by atoms with van der Waals surface area (Å²) in [6, 6.07) is 5.98. The summed E-state index contributed by atoms with van der Waals surface area (Å²) in [5.74, 6) is -1.59. The van der Waals surface area contributed by atoms with Crippen molar-refractivity contribution in [2.24, 2.45) is 5.92 Å². The van der Waals surface area contributed by atoms with Gasteiger partial charge in [0, 0.05) is 18.7 Å². The zero-order valence-electron chi connectivity index (χ0n) is 13.7. The molecular formula is C17H17F2N3O4. The number of carbonyl (C=O) groups is 2. The average molecular weight is 365 g/mol. The Morgan fingerprint density at radius 3 is 2.69 bits per heavy atom. The zero-order chi connectivity index (χ0) is 18.7. The summed E-state index contributed by atoms with van der Waals surface area (Å²) in [5, 5.41) is 15.7. The number of nitrogens with one attached hydrogen (secondary N) is 1. The number of aromatic nitrogens is 2. The predicted molar refractivity (Wildman–Crippen MR) is 86.9 cm³/mol. The van der Waals surface area contributed by atoms with Gasteiger partial charge in [-0.2, -0.15) is 13.9 Å². The minimum Gasteiger partial charge on any atom is -0.481 e. The maximum absolute atomic E-state index is 12.8. The van der Waals surface area contributed by atoms with Crippen LogP contribution in [0.1, 0.15) is 23.2 Å². The number of aliphatic carboxylic acids is 1. The van der Waals surface area contributed by atoms with Crippen LogP contribution in [-0.4, -0.2) is 51.8 Å². The van der Waals surface area contributed by atoms with Gasteiger partial charge in [-0.3, -0.25) is 14.7 Å². The van der Waals surface area contributed by atoms with Crippen molar-refractivity contribution in [3.8, 4) is 17.0 Å². The molecule has 1 amide bonds. The standard InChI is InChI=1S/C17H17F2N3O4/c18-17(19)26-12-3-1-2-11(8-12)14-13(9-20-21-14)15(23)22-6-4-10(5-7-22)16(24)25/h1-3,8-10,17H,4-7H2,(H,20,21)(H,24,25). The van der Waals surface area contributed by atoms with Crippen LogP contribution in [0.2, 0.25) is 0 Å². The number of ether oxygens (including phenoxy) is 1. The van der Waals surface area contributed by atoms with Crippen LogP contribution in [0.3, 0.4) is 0 Å². The van der Waals surface area contributed by atoms with Crippen molar-refractivity contribution in [1.29, 1.82) is 0 Å². The molecule has 138 valence electrons. The molecular weight excluding hydrogens is 348 g/mol. The maximum atomic E-state index is 12.8. The van der Waals surface area contributed by atoms with Crippen LogP contribution in [-0.2, 0) is 4.79 Å². The number of carbonyl (C=O) groups excluding carboxylic acids is 1. The summed E-state index contributed by atoms with van der Waals surface area (Å²) in [4.78, 5) is 25.4. The molecule has 0 spiro atoms. The van der Waals surface area contributed by atoms with Crippen molar-refractivity contribution >= 4 is 11.9 Å². The number of aromatic amines is 1. The van der Waals surface area contributed by atoms with Crippen molar-refractivity contribution in [2.45, 2.75) is 19.5 Å². The third-order valence-corrected chi connectivity index (χ3v) is 4.35. The highest BCUT2D eigenvalue weighted by atomic mass is 19.3. The van der Waals surface area contributed by atoms with Gasteiger partial charge in [-0.05, 0) is 25.0 Å². The van der Waals surface area contributed by atoms with Crippen LogP contribution in [0.25, 0.3) is 11.3 Å². The first-order valence-corrected chi connectivity index (χ1v) is 8.06. The molecule has 0 radical (unpaired) electrons. The number of nitrogens with zero attached hydrogens (tertiary/aromatic N) is 2. The van der Waals surface area contributed by atoms with Crippen molar-refractivity contribution in [3.63, 3.8) is 0 Å². The SMILES string of the molecule is O=C(O)C1CCN(C(=O)c2cn[nH]c2-c2cccc(OC(F)F)c2)CC1. The van der Waals surface area contributed by atoms with Gasteiger partial charge < -0.3 is 14.7 Å². The Morgan fingerprint density at radius 2 is 2.04 bits per heavy atom. The molecule has 2 heterocycles. The molecule has 1 saturated heterocycles. The van der Waals surface area contributed by atoms with Crippen LogP contribution in [0.4, 0.5) is 8.78 Å². The molecule has 0 aliphatic carbocycles. The van der Waals surface area contributed by atoms with Gasteiger partial charge in [-0.15, -0.1) is 0 Å². The molecule has 1 aliphatic rings. The summed E-state index contributed by atoms with van der Waals surface area (Å²) in [5.41, 5.74) is 1.19. The quantitative estimate of drug-likeness (QED) is 0.849. The highest BCUT2D eigenvalue weighted by Crippen LogP contribution is 2.28. The molecule has 7 nitrogen and oxygen atoms in total. The molecule has 1 fully saturated rings. The number of benzene rings is 1. The molecule has 3 rings (SSSR count). The Morgan fingerprint density at radius 1 is 1.31 bits per heavy atom. The van der Waals surface area contributed by atoms with Gasteiger partial charge in [0.2, 0.25) is 0 Å². The van der Waals surface area contributed by atoms with E-state index in [-0.39, 0.29) is 11.7 Å². The monoisotopic (exact) mass is 365 g/mol. The Bertz CT molecular complexity index is 801. The second-order valence-corrected chi connectivity index (χ2v) is 5.97. The number of amides is 1. The van der Waals surface area contributed by atoms with Gasteiger partial charge in [0.25, 0.3) is 5.91 Å². The molecule has 1 aromatic carbocycles. The number of carboxylic acids is 1. The molecule has 0 bridgehead atoms. The maximum Gasteiger partial charge on any atom is 0.387 e. The number of carboxylic acid groups (broad SMARTS) is 1. The van der Waals surface area contributed by atoms with Crippen LogP contribution in [0.5, 0.6) is 5.75 Å². The van der Waals surface area contributed by atoms with Crippen molar-refractivity contribution in [1.82, 2.24) is 15.1 Å². The van der Waals surface area contributed by atoms with E-state index in [9.17, 15) is 18.4 Å². The number of H-pyrrole nitrogens is 1. The summed E-state index contributed by atoms with van der Waals surface area (Å²) >= 11 is 0. The molecule has 0 saturated carbocycles. The summed E-state index contributed by atoms with van der Waals surface area (Å²) in [6.07, 6.45) is 2.17. The molecule has 0 atom stereocenters. The second-order valence-electron chi connectivity index (χ2n) is 5.97. The van der Waals surface area contributed by atoms with E-state index in [2.05, 4.69) is 14.9 Å². The van der Waals surface area contributed by atoms with E-state index in [1.54, 1.807) is 17.0 Å². The number of alkyl halides is 2. The van der Waals surface area contributed by atoms with Gasteiger partial charge in [0.15, 0.2) is 0 Å². The predicted octanol–water partition coefficient (Wildman–Crippen LogP) is 2.61. The lowest BCUT2D eigenvalue weighted by molar-refractivity contribution is -0.143. The normalized spacial score (nSPS) is 15.3. The zero-order valence-corrected chi connectivity index (χ0v) is 13.7. The number of likely N-dealkylation sites (tertiary alicyclic amines) is 1. The van der Waals surface area contributed by atoms with Gasteiger partial charge >= 0.3 is 12.6 Å². The molecule has 9 heteroatoms. The van der Waals surface area contributed by atoms with Crippen molar-refractivity contribution < 1.29 is 28.2 Å². The van der Waals surface area contributed by atoms with Gasteiger partial charge in [0.05, 0.1) is 23.4 Å². The third-order valence-electron chi connectivity index (χ3n) is 4.35. The fraction of sp³-hybridized carbons (Fsp3) is 0.353. The average Bonchev–Trinajstić information content (AvgIpc) is 3.10. The van der Waals surface area contributed by atoms with E-state index in [0.29, 0.717) is 42.8 Å². The minimum atomic E-state index is -2.94. The Labute approximate surface area is 147 Å². The van der Waals surface area contributed by atoms with Crippen LogP contribution in [0.15, 0.2) is 30.5 Å². The van der Waals surface area contributed by atoms with E-state index in [0.717, 1.165) is 0 Å². The molecule has 26 heavy (non-hydrogen) atoms. The number of piperidine rings is 1. The van der Waals surface area contributed by atoms with Crippen molar-refractivity contribution in [2.75, 3.05) is 13.1 Å². The fourth-order valence-electron chi connectivity index (χ4n) is 3.00. The molecule has 2 N–H and O–H groups in total. The summed E-state index contributed by atoms with van der Waals surface area (Å²) in [7, 11) is 0. The van der Waals surface area contributed by atoms with E-state index in [1.807, 2.05) is 0 Å². The molecule has 1 aromatic heterocycles. The largest absolute Gasteiger partial charge is 0.481 e.